The highest BCUT2D eigenvalue weighted by molar-refractivity contribution is 6.07. The number of likely N-dealkylation sites (N-methyl/N-ethyl adjacent to an activating group) is 1. The molecule has 1 heterocycles. The van der Waals surface area contributed by atoms with E-state index < -0.39 is 11.9 Å². The van der Waals surface area contributed by atoms with Gasteiger partial charge >= 0.3 is 0 Å². The Kier molecular flexibility index (Phi) is 11.4. The number of hydrogen-bond donors (Lipinski definition) is 3. The maximum atomic E-state index is 12.9. The van der Waals surface area contributed by atoms with Gasteiger partial charge in [0.15, 0.2) is 0 Å². The lowest BCUT2D eigenvalue weighted by molar-refractivity contribution is -0.134. The van der Waals surface area contributed by atoms with Crippen LogP contribution in [0, 0.1) is 5.92 Å². The van der Waals surface area contributed by atoms with E-state index in [0.717, 1.165) is 34.3 Å². The second-order valence-corrected chi connectivity index (χ2v) is 10.6. The van der Waals surface area contributed by atoms with E-state index in [2.05, 4.69) is 26.9 Å². The largest absolute Gasteiger partial charge is 0.374 e. The van der Waals surface area contributed by atoms with E-state index in [1.165, 1.54) is 11.6 Å². The third-order valence-corrected chi connectivity index (χ3v) is 7.23. The number of allylic oxidation sites excluding steroid dienone is 1. The highest BCUT2D eigenvalue weighted by Crippen LogP contribution is 2.38. The molecule has 220 valence electrons. The van der Waals surface area contributed by atoms with Crippen molar-refractivity contribution >= 4 is 52.2 Å². The number of unbranched alkanes of at least 4 members (excludes halogenated alkanes) is 2. The summed E-state index contributed by atoms with van der Waals surface area (Å²) in [7, 11) is 2.03. The van der Waals surface area contributed by atoms with Gasteiger partial charge in [0.25, 0.3) is 5.91 Å². The van der Waals surface area contributed by atoms with Gasteiger partial charge in [-0.25, -0.2) is 0 Å². The van der Waals surface area contributed by atoms with Gasteiger partial charge < -0.3 is 20.9 Å². The number of imide groups is 1. The first-order chi connectivity index (χ1) is 19.7. The first-order valence-corrected chi connectivity index (χ1v) is 14.2. The Balaban J connectivity index is 1.48. The van der Waals surface area contributed by atoms with Crippen LogP contribution in [0.2, 0.25) is 0 Å². The highest BCUT2D eigenvalue weighted by Gasteiger charge is 2.25. The Morgan fingerprint density at radius 1 is 1.05 bits per heavy atom. The van der Waals surface area contributed by atoms with Gasteiger partial charge in [0.05, 0.1) is 12.2 Å². The first kappa shape index (κ1) is 31.3. The lowest BCUT2D eigenvalue weighted by Gasteiger charge is -2.22. The van der Waals surface area contributed by atoms with Crippen LogP contribution in [-0.2, 0) is 30.4 Å². The zero-order valence-electron chi connectivity index (χ0n) is 24.4. The van der Waals surface area contributed by atoms with Crippen LogP contribution < -0.4 is 20.9 Å². The van der Waals surface area contributed by atoms with Crippen LogP contribution in [0.1, 0.15) is 52.0 Å². The number of nitrogens with one attached hydrogen (secondary N) is 3. The second-order valence-electron chi connectivity index (χ2n) is 10.6. The van der Waals surface area contributed by atoms with E-state index >= 15 is 0 Å². The molecule has 2 aromatic carbocycles. The summed E-state index contributed by atoms with van der Waals surface area (Å²) in [5.41, 5.74) is 3.06. The Bertz CT molecular complexity index is 1310. The highest BCUT2D eigenvalue weighted by atomic mass is 16.2. The summed E-state index contributed by atoms with van der Waals surface area (Å²) in [5, 5.41) is 10.5. The molecule has 10 nitrogen and oxygen atoms in total. The lowest BCUT2D eigenvalue weighted by Crippen LogP contribution is -2.51. The number of amides is 5. The summed E-state index contributed by atoms with van der Waals surface area (Å²) >= 11 is 0. The second kappa shape index (κ2) is 15.0. The Morgan fingerprint density at radius 3 is 2.46 bits per heavy atom. The third-order valence-electron chi connectivity index (χ3n) is 7.23. The van der Waals surface area contributed by atoms with Gasteiger partial charge in [-0.05, 0) is 55.2 Å². The number of anilines is 2. The van der Waals surface area contributed by atoms with Crippen LogP contribution in [-0.4, -0.2) is 67.7 Å². The molecule has 3 rings (SSSR count). The average molecular weight is 564 g/mol. The molecule has 0 fully saturated rings. The molecule has 5 amide bonds. The van der Waals surface area contributed by atoms with Crippen LogP contribution in [0.15, 0.2) is 42.5 Å². The number of fused-ring (bicyclic) bond motifs is 3. The van der Waals surface area contributed by atoms with Crippen molar-refractivity contribution in [2.45, 2.75) is 58.9 Å². The molecule has 0 aromatic heterocycles. The molecule has 0 spiro atoms. The molecule has 0 saturated carbocycles. The fraction of sp³-hybridized carbons (Fsp3) is 0.452. The van der Waals surface area contributed by atoms with Crippen molar-refractivity contribution in [1.29, 1.82) is 0 Å². The zero-order chi connectivity index (χ0) is 29.9. The molecule has 0 unspecified atom stereocenters. The molecule has 1 aliphatic rings. The van der Waals surface area contributed by atoms with E-state index in [4.69, 9.17) is 0 Å². The molecule has 0 saturated heterocycles. The van der Waals surface area contributed by atoms with Crippen LogP contribution >= 0.6 is 0 Å². The lowest BCUT2D eigenvalue weighted by atomic mass is 10.0. The molecule has 1 aliphatic heterocycles. The van der Waals surface area contributed by atoms with Gasteiger partial charge in [0.2, 0.25) is 24.1 Å². The van der Waals surface area contributed by atoms with Crippen molar-refractivity contribution in [3.8, 4) is 0 Å². The number of hydrogen-bond acceptors (Lipinski definition) is 6. The summed E-state index contributed by atoms with van der Waals surface area (Å²) in [4.78, 5) is 64.4. The van der Waals surface area contributed by atoms with Crippen molar-refractivity contribution in [3.05, 3.63) is 48.0 Å². The molecule has 1 atom stereocenters. The molecule has 0 bridgehead atoms. The fourth-order valence-corrected chi connectivity index (χ4v) is 4.98. The topological polar surface area (TPSA) is 128 Å². The monoisotopic (exact) mass is 563 g/mol. The Labute approximate surface area is 241 Å². The molecular weight excluding hydrogens is 522 g/mol. The predicted molar refractivity (Wildman–Crippen MR) is 160 cm³/mol. The number of nitrogens with zero attached hydrogens (tertiary/aromatic N) is 2. The maximum Gasteiger partial charge on any atom is 0.252 e. The van der Waals surface area contributed by atoms with Crippen molar-refractivity contribution < 1.29 is 24.0 Å². The first-order valence-electron chi connectivity index (χ1n) is 14.2. The maximum absolute atomic E-state index is 12.9. The number of benzene rings is 2. The molecule has 41 heavy (non-hydrogen) atoms. The molecule has 0 aliphatic carbocycles. The van der Waals surface area contributed by atoms with Crippen molar-refractivity contribution in [3.63, 3.8) is 0 Å². The number of rotatable bonds is 14. The van der Waals surface area contributed by atoms with Crippen LogP contribution in [0.3, 0.4) is 0 Å². The number of carbonyl (C=O) groups excluding carboxylic acids is 5. The summed E-state index contributed by atoms with van der Waals surface area (Å²) in [5.74, 6) is -1.60. The summed E-state index contributed by atoms with van der Waals surface area (Å²) < 4.78 is 0. The minimum atomic E-state index is -0.784. The van der Waals surface area contributed by atoms with Crippen molar-refractivity contribution in [1.82, 2.24) is 15.5 Å². The SMILES string of the molecule is C/C=C\C(=O)N(C=O)CCCCCC(=O)N[C@H](C(=O)NCC(=O)Nc1cc2c(c3ccccc13)CCN2C)C(C)C. The summed E-state index contributed by atoms with van der Waals surface area (Å²) in [6, 6.07) is 9.17. The minimum Gasteiger partial charge on any atom is -0.374 e. The minimum absolute atomic E-state index is 0.183. The van der Waals surface area contributed by atoms with Gasteiger partial charge in [-0.2, -0.15) is 0 Å². The quantitative estimate of drug-likeness (QED) is 0.184. The molecular formula is C31H41N5O5. The molecule has 2 aromatic rings. The third kappa shape index (κ3) is 8.39. The van der Waals surface area contributed by atoms with Gasteiger partial charge in [0.1, 0.15) is 6.04 Å². The molecule has 0 radical (unpaired) electrons. The van der Waals surface area contributed by atoms with Gasteiger partial charge in [-0.3, -0.25) is 28.9 Å². The van der Waals surface area contributed by atoms with Gasteiger partial charge in [0, 0.05) is 37.6 Å². The van der Waals surface area contributed by atoms with Crippen molar-refractivity contribution in [2.75, 3.05) is 36.9 Å². The van der Waals surface area contributed by atoms with E-state index in [1.54, 1.807) is 13.0 Å². The van der Waals surface area contributed by atoms with Gasteiger partial charge in [-0.15, -0.1) is 0 Å². The zero-order valence-corrected chi connectivity index (χ0v) is 24.4. The van der Waals surface area contributed by atoms with Crippen molar-refractivity contribution in [2.24, 2.45) is 5.92 Å². The van der Waals surface area contributed by atoms with Crippen LogP contribution in [0.25, 0.3) is 10.8 Å². The molecule has 3 N–H and O–H groups in total. The van der Waals surface area contributed by atoms with E-state index in [0.29, 0.717) is 31.4 Å². The Morgan fingerprint density at radius 2 is 1.78 bits per heavy atom. The van der Waals surface area contributed by atoms with E-state index in [-0.39, 0.29) is 43.1 Å². The van der Waals surface area contributed by atoms with Crippen LogP contribution in [0.4, 0.5) is 11.4 Å². The normalized spacial score (nSPS) is 13.2. The standard InChI is InChI=1S/C31H41N5O5/c1-5-11-29(40)36(20-37)16-10-6-7-14-27(38)34-30(21(2)3)31(41)32-19-28(39)33-25-18-26-24(15-17-35(26)4)22-12-8-9-13-23(22)25/h5,8-9,11-13,18,20-21,30H,6-7,10,14-17,19H2,1-4H3,(H,32,41)(H,33,39)(H,34,38)/b11-5-/t30-/m0/s1. The number of carbonyl (C=O) groups is 5. The van der Waals surface area contributed by atoms with E-state index in [1.807, 2.05) is 45.2 Å². The summed E-state index contributed by atoms with van der Waals surface area (Å²) in [6.07, 6.45) is 6.35. The predicted octanol–water partition coefficient (Wildman–Crippen LogP) is 3.15. The fourth-order valence-electron chi connectivity index (χ4n) is 4.98. The smallest absolute Gasteiger partial charge is 0.252 e. The van der Waals surface area contributed by atoms with Crippen LogP contribution in [0.5, 0.6) is 0 Å². The van der Waals surface area contributed by atoms with E-state index in [9.17, 15) is 24.0 Å². The average Bonchev–Trinajstić information content (AvgIpc) is 3.32. The summed E-state index contributed by atoms with van der Waals surface area (Å²) in [6.45, 7) is 6.34. The molecule has 10 heteroatoms. The van der Waals surface area contributed by atoms with Gasteiger partial charge in [-0.1, -0.05) is 50.6 Å². The Hall–Kier alpha value is -4.21.